The van der Waals surface area contributed by atoms with E-state index < -0.39 is 9.84 Å². The van der Waals surface area contributed by atoms with Crippen molar-refractivity contribution in [3.63, 3.8) is 0 Å². The molecule has 0 fully saturated rings. The molecule has 0 N–H and O–H groups in total. The van der Waals surface area contributed by atoms with Crippen LogP contribution >= 0.6 is 11.6 Å². The van der Waals surface area contributed by atoms with E-state index in [0.717, 1.165) is 22.2 Å². The topological polar surface area (TPSA) is 39.1 Å². The molecule has 3 aromatic rings. The summed E-state index contributed by atoms with van der Waals surface area (Å²) in [5.41, 5.74) is 2.72. The van der Waals surface area contributed by atoms with E-state index in [1.165, 1.54) is 6.08 Å². The fraction of sp³-hybridized carbons (Fsp3) is 0.111. The molecule has 0 aliphatic rings. The second kappa shape index (κ2) is 5.87. The van der Waals surface area contributed by atoms with Gasteiger partial charge in [-0.15, -0.1) is 6.58 Å². The number of hydrogen-bond acceptors (Lipinski definition) is 2. The maximum Gasteiger partial charge on any atom is 0.197 e. The lowest BCUT2D eigenvalue weighted by atomic mass is 10.2. The molecule has 118 valence electrons. The molecule has 1 heterocycles. The zero-order valence-corrected chi connectivity index (χ0v) is 14.2. The van der Waals surface area contributed by atoms with Gasteiger partial charge in [-0.05, 0) is 43.3 Å². The Bertz CT molecular complexity index is 986. The van der Waals surface area contributed by atoms with Gasteiger partial charge in [0, 0.05) is 16.1 Å². The molecule has 3 rings (SSSR count). The monoisotopic (exact) mass is 345 g/mol. The molecule has 0 atom stereocenters. The van der Waals surface area contributed by atoms with Gasteiger partial charge in [0.25, 0.3) is 0 Å². The summed E-state index contributed by atoms with van der Waals surface area (Å²) in [7, 11) is -3.47. The van der Waals surface area contributed by atoms with Crippen molar-refractivity contribution in [2.45, 2.75) is 11.9 Å². The Morgan fingerprint density at radius 1 is 1.13 bits per heavy atom. The number of halogens is 1. The fourth-order valence-electron chi connectivity index (χ4n) is 2.59. The van der Waals surface area contributed by atoms with Crippen LogP contribution in [0.5, 0.6) is 0 Å². The number of aromatic nitrogens is 1. The standard InChI is InChI=1S/C18H16ClNO2S/c1-3-10-23(21,22)18-12-14-11-15(19)6-9-17(14)20(18)16-7-4-13(2)5-8-16/h3-9,11-12H,1,10H2,2H3. The summed E-state index contributed by atoms with van der Waals surface area (Å²) in [6.45, 7) is 5.54. The molecule has 0 aliphatic carbocycles. The summed E-state index contributed by atoms with van der Waals surface area (Å²) < 4.78 is 27.0. The van der Waals surface area contributed by atoms with Crippen LogP contribution in [-0.2, 0) is 9.84 Å². The van der Waals surface area contributed by atoms with Crippen LogP contribution < -0.4 is 0 Å². The zero-order valence-electron chi connectivity index (χ0n) is 12.7. The lowest BCUT2D eigenvalue weighted by Crippen LogP contribution is -2.10. The Kier molecular flexibility index (Phi) is 4.04. The van der Waals surface area contributed by atoms with Crippen molar-refractivity contribution in [1.82, 2.24) is 4.57 Å². The number of benzene rings is 2. The predicted molar refractivity (Wildman–Crippen MR) is 95.3 cm³/mol. The average molecular weight is 346 g/mol. The number of fused-ring (bicyclic) bond motifs is 1. The first kappa shape index (κ1) is 15.8. The third-order valence-corrected chi connectivity index (χ3v) is 5.53. The molecule has 1 aromatic heterocycles. The van der Waals surface area contributed by atoms with Gasteiger partial charge in [0.05, 0.1) is 11.3 Å². The van der Waals surface area contributed by atoms with Crippen LogP contribution in [-0.4, -0.2) is 18.7 Å². The van der Waals surface area contributed by atoms with Crippen LogP contribution in [0.2, 0.25) is 5.02 Å². The number of rotatable bonds is 4. The Hall–Kier alpha value is -2.04. The van der Waals surface area contributed by atoms with Gasteiger partial charge in [0.15, 0.2) is 9.84 Å². The lowest BCUT2D eigenvalue weighted by molar-refractivity contribution is 0.593. The van der Waals surface area contributed by atoms with E-state index in [-0.39, 0.29) is 10.8 Å². The van der Waals surface area contributed by atoms with Gasteiger partial charge >= 0.3 is 0 Å². The first-order valence-corrected chi connectivity index (χ1v) is 9.17. The van der Waals surface area contributed by atoms with E-state index >= 15 is 0 Å². The molecule has 3 nitrogen and oxygen atoms in total. The van der Waals surface area contributed by atoms with Crippen LogP contribution in [0.15, 0.2) is 66.2 Å². The quantitative estimate of drug-likeness (QED) is 0.650. The third kappa shape index (κ3) is 2.92. The Morgan fingerprint density at radius 3 is 2.48 bits per heavy atom. The molecule has 5 heteroatoms. The zero-order chi connectivity index (χ0) is 16.6. The lowest BCUT2D eigenvalue weighted by Gasteiger charge is -2.11. The first-order chi connectivity index (χ1) is 10.9. The molecule has 0 spiro atoms. The Labute approximate surface area is 140 Å². The van der Waals surface area contributed by atoms with Crippen molar-refractivity contribution >= 4 is 32.3 Å². The van der Waals surface area contributed by atoms with Crippen LogP contribution in [0.3, 0.4) is 0 Å². The Morgan fingerprint density at radius 2 is 1.83 bits per heavy atom. The van der Waals surface area contributed by atoms with E-state index in [0.29, 0.717) is 5.02 Å². The summed E-state index contributed by atoms with van der Waals surface area (Å²) in [6, 6.07) is 14.8. The third-order valence-electron chi connectivity index (χ3n) is 3.68. The fourth-order valence-corrected chi connectivity index (χ4v) is 4.04. The summed E-state index contributed by atoms with van der Waals surface area (Å²) >= 11 is 6.05. The smallest absolute Gasteiger partial charge is 0.197 e. The number of sulfone groups is 1. The maximum atomic E-state index is 12.6. The SMILES string of the molecule is C=CCS(=O)(=O)c1cc2cc(Cl)ccc2n1-c1ccc(C)cc1. The van der Waals surface area contributed by atoms with Crippen molar-refractivity contribution in [3.8, 4) is 5.69 Å². The molecule has 0 amide bonds. The number of nitrogens with zero attached hydrogens (tertiary/aromatic N) is 1. The largest absolute Gasteiger partial charge is 0.300 e. The van der Waals surface area contributed by atoms with E-state index in [9.17, 15) is 8.42 Å². The van der Waals surface area contributed by atoms with Crippen LogP contribution in [0, 0.1) is 6.92 Å². The second-order valence-electron chi connectivity index (χ2n) is 5.43. The minimum Gasteiger partial charge on any atom is -0.300 e. The molecule has 2 aromatic carbocycles. The van der Waals surface area contributed by atoms with Crippen molar-refractivity contribution in [3.05, 3.63) is 71.8 Å². The number of hydrogen-bond donors (Lipinski definition) is 0. The van der Waals surface area contributed by atoms with Crippen molar-refractivity contribution in [1.29, 1.82) is 0 Å². The molecule has 0 saturated carbocycles. The molecule has 0 bridgehead atoms. The molecule has 0 saturated heterocycles. The van der Waals surface area contributed by atoms with E-state index in [4.69, 9.17) is 11.6 Å². The van der Waals surface area contributed by atoms with Crippen molar-refractivity contribution in [2.75, 3.05) is 5.75 Å². The highest BCUT2D eigenvalue weighted by Crippen LogP contribution is 2.30. The molecule has 0 radical (unpaired) electrons. The summed E-state index contributed by atoms with van der Waals surface area (Å²) in [5.74, 6) is -0.108. The minimum atomic E-state index is -3.47. The van der Waals surface area contributed by atoms with E-state index in [1.54, 1.807) is 22.8 Å². The van der Waals surface area contributed by atoms with Gasteiger partial charge in [-0.2, -0.15) is 0 Å². The molecular formula is C18H16ClNO2S. The van der Waals surface area contributed by atoms with Crippen molar-refractivity contribution in [2.24, 2.45) is 0 Å². The van der Waals surface area contributed by atoms with Crippen LogP contribution in [0.4, 0.5) is 0 Å². The molecular weight excluding hydrogens is 330 g/mol. The highest BCUT2D eigenvalue weighted by molar-refractivity contribution is 7.91. The van der Waals surface area contributed by atoms with Gasteiger partial charge < -0.3 is 4.57 Å². The minimum absolute atomic E-state index is 0.108. The molecule has 0 unspecified atom stereocenters. The molecule has 23 heavy (non-hydrogen) atoms. The highest BCUT2D eigenvalue weighted by Gasteiger charge is 2.21. The van der Waals surface area contributed by atoms with E-state index in [2.05, 4.69) is 6.58 Å². The molecule has 0 aliphatic heterocycles. The van der Waals surface area contributed by atoms with Crippen LogP contribution in [0.1, 0.15) is 5.56 Å². The van der Waals surface area contributed by atoms with Gasteiger partial charge in [-0.3, -0.25) is 0 Å². The summed E-state index contributed by atoms with van der Waals surface area (Å²) in [6.07, 6.45) is 1.40. The normalized spacial score (nSPS) is 11.7. The summed E-state index contributed by atoms with van der Waals surface area (Å²) in [4.78, 5) is 0. The van der Waals surface area contributed by atoms with Gasteiger partial charge in [0.2, 0.25) is 0 Å². The predicted octanol–water partition coefficient (Wildman–Crippen LogP) is 4.55. The van der Waals surface area contributed by atoms with Gasteiger partial charge in [-0.1, -0.05) is 35.4 Å². The van der Waals surface area contributed by atoms with E-state index in [1.807, 2.05) is 37.3 Å². The number of aryl methyl sites for hydroxylation is 1. The van der Waals surface area contributed by atoms with Gasteiger partial charge in [0.1, 0.15) is 5.03 Å². The van der Waals surface area contributed by atoms with Crippen molar-refractivity contribution < 1.29 is 8.42 Å². The first-order valence-electron chi connectivity index (χ1n) is 7.14. The highest BCUT2D eigenvalue weighted by atomic mass is 35.5. The van der Waals surface area contributed by atoms with Gasteiger partial charge in [-0.25, -0.2) is 8.42 Å². The summed E-state index contributed by atoms with van der Waals surface area (Å²) in [5, 5.41) is 1.62. The Balaban J connectivity index is 2.37. The van der Waals surface area contributed by atoms with Crippen LogP contribution in [0.25, 0.3) is 16.6 Å². The second-order valence-corrected chi connectivity index (χ2v) is 7.84. The maximum absolute atomic E-state index is 12.6. The average Bonchev–Trinajstić information content (AvgIpc) is 2.87.